The van der Waals surface area contributed by atoms with E-state index >= 15 is 0 Å². The minimum atomic E-state index is -0.0104. The molecule has 0 fully saturated rings. The molecule has 2 aromatic heterocycles. The van der Waals surface area contributed by atoms with E-state index in [4.69, 9.17) is 4.42 Å². The number of aryl methyl sites for hydroxylation is 1. The number of fused-ring (bicyclic) bond motifs is 8. The van der Waals surface area contributed by atoms with E-state index in [1.807, 2.05) is 0 Å². The maximum atomic E-state index is 7.02. The Hall–Kier alpha value is -7.24. The van der Waals surface area contributed by atoms with Crippen molar-refractivity contribution in [1.82, 2.24) is 4.57 Å². The highest BCUT2D eigenvalue weighted by atomic mass is 16.3. The lowest BCUT2D eigenvalue weighted by molar-refractivity contribution is 0.332. The molecule has 1 radical (unpaired) electrons. The lowest BCUT2D eigenvalue weighted by Crippen LogP contribution is -2.37. The molecule has 1 N–H and O–H groups in total. The van der Waals surface area contributed by atoms with Crippen molar-refractivity contribution in [2.75, 3.05) is 10.2 Å². The fourth-order valence-corrected chi connectivity index (χ4v) is 11.3. The van der Waals surface area contributed by atoms with Crippen molar-refractivity contribution in [3.63, 3.8) is 0 Å². The van der Waals surface area contributed by atoms with Crippen LogP contribution in [0.2, 0.25) is 0 Å². The molecule has 0 amide bonds. The summed E-state index contributed by atoms with van der Waals surface area (Å²) in [5, 5.41) is 7.55. The first-order valence-electron chi connectivity index (χ1n) is 24.7. The quantitative estimate of drug-likeness (QED) is 0.104. The first-order valence-corrected chi connectivity index (χ1v) is 24.7. The monoisotopic (exact) mass is 882 g/mol. The zero-order valence-corrected chi connectivity index (χ0v) is 39.9. The Labute approximate surface area is 401 Å². The van der Waals surface area contributed by atoms with Crippen LogP contribution in [0.25, 0.3) is 60.7 Å². The van der Waals surface area contributed by atoms with Gasteiger partial charge in [0.1, 0.15) is 5.58 Å². The second-order valence-corrected chi connectivity index (χ2v) is 20.5. The predicted octanol–water partition coefficient (Wildman–Crippen LogP) is 16.1. The lowest BCUT2D eigenvalue weighted by atomic mass is 9.60. The Balaban J connectivity index is 1.19. The van der Waals surface area contributed by atoms with Gasteiger partial charge in [0.05, 0.1) is 28.1 Å². The van der Waals surface area contributed by atoms with Gasteiger partial charge in [-0.15, -0.1) is 0 Å². The van der Waals surface area contributed by atoms with Gasteiger partial charge in [-0.1, -0.05) is 151 Å². The molecule has 0 atom stereocenters. The minimum Gasteiger partial charge on any atom is -0.469 e. The van der Waals surface area contributed by atoms with Gasteiger partial charge in [-0.25, -0.2) is 0 Å². The van der Waals surface area contributed by atoms with Crippen LogP contribution in [0.3, 0.4) is 0 Å². The van der Waals surface area contributed by atoms with Crippen LogP contribution in [0.15, 0.2) is 180 Å². The fraction of sp³-hybridized carbons (Fsp3) is 0.206. The van der Waals surface area contributed by atoms with E-state index in [0.29, 0.717) is 0 Å². The van der Waals surface area contributed by atoms with Crippen LogP contribution in [-0.2, 0) is 17.3 Å². The Morgan fingerprint density at radius 2 is 1.26 bits per heavy atom. The van der Waals surface area contributed by atoms with E-state index < -0.39 is 0 Å². The van der Waals surface area contributed by atoms with E-state index in [9.17, 15) is 0 Å². The third-order valence-electron chi connectivity index (χ3n) is 15.1. The van der Waals surface area contributed by atoms with Crippen LogP contribution in [0.5, 0.6) is 0 Å². The van der Waals surface area contributed by atoms with Crippen LogP contribution in [0, 0.1) is 0 Å². The number of rotatable bonds is 11. The minimum absolute atomic E-state index is 0.0104. The first kappa shape index (κ1) is 42.1. The molecule has 0 saturated carbocycles. The summed E-state index contributed by atoms with van der Waals surface area (Å²) < 4.78 is 9.54. The number of benzene rings is 8. The van der Waals surface area contributed by atoms with Gasteiger partial charge >= 0.3 is 0 Å². The third kappa shape index (κ3) is 7.05. The largest absolute Gasteiger partial charge is 0.469 e. The molecular weight excluding hydrogens is 826 g/mol. The summed E-state index contributed by atoms with van der Waals surface area (Å²) >= 11 is 0. The molecule has 0 saturated heterocycles. The summed E-state index contributed by atoms with van der Waals surface area (Å²) in [5.74, 6) is 0. The summed E-state index contributed by atoms with van der Waals surface area (Å²) in [5.41, 5.74) is 20.8. The fourth-order valence-electron chi connectivity index (χ4n) is 11.3. The Kier molecular flexibility index (Phi) is 10.2. The average Bonchev–Trinajstić information content (AvgIpc) is 3.91. The highest BCUT2D eigenvalue weighted by Crippen LogP contribution is 2.52. The van der Waals surface area contributed by atoms with Crippen molar-refractivity contribution in [2.45, 2.75) is 84.0 Å². The van der Waals surface area contributed by atoms with Crippen molar-refractivity contribution < 1.29 is 4.42 Å². The maximum Gasteiger partial charge on any atom is 0.247 e. The van der Waals surface area contributed by atoms with Gasteiger partial charge in [0.25, 0.3) is 0 Å². The number of furan rings is 1. The molecule has 333 valence electrons. The second kappa shape index (κ2) is 16.5. The summed E-state index contributed by atoms with van der Waals surface area (Å²) in [4.78, 5) is 2.46. The van der Waals surface area contributed by atoms with Crippen molar-refractivity contribution in [1.29, 1.82) is 0 Å². The van der Waals surface area contributed by atoms with E-state index in [1.54, 1.807) is 0 Å². The molecule has 68 heavy (non-hydrogen) atoms. The van der Waals surface area contributed by atoms with E-state index in [0.717, 1.165) is 86.6 Å². The SMILES string of the molecule is CCCCCc1ccc(Nc2cc3c(cc2-c2cc(N(c4ccccc4)c4ccccc4)c4c5ccccc5n5c4c2[B]c2oc4ccc(-c6ccccc6)cc4c2-5)C(C)(C)CCC3(C)C)cc1. The van der Waals surface area contributed by atoms with Crippen LogP contribution in [0.1, 0.15) is 83.4 Å². The molecule has 4 nitrogen and oxygen atoms in total. The second-order valence-electron chi connectivity index (χ2n) is 20.5. The molecule has 3 heterocycles. The van der Waals surface area contributed by atoms with E-state index in [2.05, 4.69) is 233 Å². The van der Waals surface area contributed by atoms with E-state index in [1.165, 1.54) is 68.9 Å². The smallest absolute Gasteiger partial charge is 0.247 e. The lowest BCUT2D eigenvalue weighted by Gasteiger charge is -2.42. The molecule has 2 aliphatic rings. The molecule has 8 aromatic carbocycles. The molecule has 1 aliphatic carbocycles. The van der Waals surface area contributed by atoms with Crippen molar-refractivity contribution >= 4 is 79.6 Å². The third-order valence-corrected chi connectivity index (χ3v) is 15.1. The molecule has 5 heteroatoms. The molecular formula is C63H57BN3O. The Morgan fingerprint density at radius 3 is 1.96 bits per heavy atom. The number of aromatic nitrogens is 1. The van der Waals surface area contributed by atoms with Crippen molar-refractivity contribution in [2.24, 2.45) is 0 Å². The molecule has 0 spiro atoms. The van der Waals surface area contributed by atoms with Crippen molar-refractivity contribution in [3.8, 4) is 27.9 Å². The van der Waals surface area contributed by atoms with Gasteiger partial charge < -0.3 is 19.2 Å². The maximum absolute atomic E-state index is 7.02. The molecule has 0 unspecified atom stereocenters. The Bertz CT molecular complexity index is 3470. The zero-order valence-electron chi connectivity index (χ0n) is 39.9. The van der Waals surface area contributed by atoms with Crippen molar-refractivity contribution in [3.05, 3.63) is 193 Å². The Morgan fingerprint density at radius 1 is 0.618 bits per heavy atom. The normalized spacial score (nSPS) is 14.4. The summed E-state index contributed by atoms with van der Waals surface area (Å²) in [6.45, 7) is 12.0. The topological polar surface area (TPSA) is 33.3 Å². The van der Waals surface area contributed by atoms with Gasteiger partial charge in [0.2, 0.25) is 7.28 Å². The first-order chi connectivity index (χ1) is 33.2. The van der Waals surface area contributed by atoms with Gasteiger partial charge in [0.15, 0.2) is 0 Å². The number of unbranched alkanes of at least 4 members (excludes halogenated alkanes) is 2. The zero-order chi connectivity index (χ0) is 46.1. The highest BCUT2D eigenvalue weighted by Gasteiger charge is 2.39. The van der Waals surface area contributed by atoms with Crippen LogP contribution < -0.4 is 21.3 Å². The number of hydrogen-bond donors (Lipinski definition) is 1. The average molecular weight is 883 g/mol. The van der Waals surface area contributed by atoms with Gasteiger partial charge in [-0.3, -0.25) is 0 Å². The van der Waals surface area contributed by atoms with Crippen LogP contribution >= 0.6 is 0 Å². The van der Waals surface area contributed by atoms with E-state index in [-0.39, 0.29) is 10.8 Å². The molecule has 0 bridgehead atoms. The van der Waals surface area contributed by atoms with Crippen LogP contribution in [0.4, 0.5) is 28.4 Å². The standard InChI is InChI=1S/C63H57BN3O/c1-6-7-11-20-41-29-32-44(33-30-41)65-53-40-52-51(62(2,3)35-36-63(52,4)5)38-48(53)49-39-55(66(45-23-14-9-15-24-45)46-25-16-10-17-26-46)57-47-27-18-19-28-54(47)67-59-50-37-43(42-21-12-8-13-22-42)31-34-56(50)68-61(59)64-58(49)60(57)67/h8-10,12-19,21-34,37-40,65H,6-7,11,20,35-36H2,1-5H3. The highest BCUT2D eigenvalue weighted by molar-refractivity contribution is 6.73. The number of nitrogens with one attached hydrogen (secondary N) is 1. The number of para-hydroxylation sites is 3. The summed E-state index contributed by atoms with van der Waals surface area (Å²) in [6, 6.07) is 64.8. The number of anilines is 5. The predicted molar refractivity (Wildman–Crippen MR) is 289 cm³/mol. The number of hydrogen-bond acceptors (Lipinski definition) is 3. The van der Waals surface area contributed by atoms with Gasteiger partial charge in [-0.2, -0.15) is 0 Å². The molecule has 12 rings (SSSR count). The summed E-state index contributed by atoms with van der Waals surface area (Å²) in [6.07, 6.45) is 7.06. The van der Waals surface area contributed by atoms with Crippen LogP contribution in [-0.4, -0.2) is 11.8 Å². The van der Waals surface area contributed by atoms with Gasteiger partial charge in [-0.05, 0) is 148 Å². The summed E-state index contributed by atoms with van der Waals surface area (Å²) in [7, 11) is 2.34. The van der Waals surface area contributed by atoms with Gasteiger partial charge in [0, 0.05) is 44.5 Å². The molecule has 10 aromatic rings. The molecule has 1 aliphatic heterocycles. The number of nitrogens with zero attached hydrogens (tertiary/aromatic N) is 2.